The second-order valence-corrected chi connectivity index (χ2v) is 4.92. The molecule has 0 fully saturated rings. The van der Waals surface area contributed by atoms with Gasteiger partial charge < -0.3 is 10.4 Å². The van der Waals surface area contributed by atoms with Crippen LogP contribution in [0.3, 0.4) is 0 Å². The molecule has 0 aliphatic rings. The zero-order chi connectivity index (χ0) is 14.5. The van der Waals surface area contributed by atoms with E-state index in [0.717, 1.165) is 5.56 Å². The zero-order valence-corrected chi connectivity index (χ0v) is 11.8. The van der Waals surface area contributed by atoms with Crippen molar-refractivity contribution in [1.82, 2.24) is 5.32 Å². The van der Waals surface area contributed by atoms with Crippen molar-refractivity contribution in [3.8, 4) is 0 Å². The molecule has 20 heavy (non-hydrogen) atoms. The van der Waals surface area contributed by atoms with Gasteiger partial charge in [-0.25, -0.2) is 4.79 Å². The number of hydrogen-bond acceptors (Lipinski definition) is 2. The molecule has 2 N–H and O–H groups in total. The predicted molar refractivity (Wildman–Crippen MR) is 79.8 cm³/mol. The van der Waals surface area contributed by atoms with Crippen LogP contribution in [0.2, 0.25) is 0 Å². The van der Waals surface area contributed by atoms with Crippen molar-refractivity contribution in [2.24, 2.45) is 0 Å². The summed E-state index contributed by atoms with van der Waals surface area (Å²) >= 11 is 0. The van der Waals surface area contributed by atoms with Crippen molar-refractivity contribution in [1.29, 1.82) is 0 Å². The van der Waals surface area contributed by atoms with Crippen molar-refractivity contribution >= 4 is 5.97 Å². The van der Waals surface area contributed by atoms with Crippen molar-refractivity contribution in [3.05, 3.63) is 70.8 Å². The minimum atomic E-state index is -0.883. The Kier molecular flexibility index (Phi) is 4.53. The first-order valence-electron chi connectivity index (χ1n) is 6.69. The standard InChI is InChI=1S/C17H19NO2/c1-12-7-3-5-9-15(12)13(2)18-11-14-8-4-6-10-16(14)17(19)20/h3-10,13,18H,11H2,1-2H3,(H,19,20)/t13-/m1/s1. The maximum absolute atomic E-state index is 11.2. The maximum Gasteiger partial charge on any atom is 0.336 e. The van der Waals surface area contributed by atoms with Crippen LogP contribution in [-0.4, -0.2) is 11.1 Å². The Bertz CT molecular complexity index is 607. The Morgan fingerprint density at radius 2 is 1.80 bits per heavy atom. The predicted octanol–water partition coefficient (Wildman–Crippen LogP) is 3.54. The normalized spacial score (nSPS) is 12.1. The first-order chi connectivity index (χ1) is 9.59. The number of carboxylic acids is 1. The largest absolute Gasteiger partial charge is 0.478 e. The van der Waals surface area contributed by atoms with E-state index in [-0.39, 0.29) is 6.04 Å². The van der Waals surface area contributed by atoms with E-state index < -0.39 is 5.97 Å². The summed E-state index contributed by atoms with van der Waals surface area (Å²) in [6, 6.07) is 15.5. The summed E-state index contributed by atoms with van der Waals surface area (Å²) in [6.45, 7) is 4.71. The van der Waals surface area contributed by atoms with Crippen LogP contribution in [0.25, 0.3) is 0 Å². The molecule has 0 aliphatic carbocycles. The molecule has 0 heterocycles. The van der Waals surface area contributed by atoms with Gasteiger partial charge in [0.2, 0.25) is 0 Å². The van der Waals surface area contributed by atoms with Crippen molar-refractivity contribution < 1.29 is 9.90 Å². The van der Waals surface area contributed by atoms with E-state index in [4.69, 9.17) is 5.11 Å². The zero-order valence-electron chi connectivity index (χ0n) is 11.8. The lowest BCUT2D eigenvalue weighted by Crippen LogP contribution is -2.20. The highest BCUT2D eigenvalue weighted by Gasteiger charge is 2.11. The third kappa shape index (κ3) is 3.25. The summed E-state index contributed by atoms with van der Waals surface area (Å²) < 4.78 is 0. The monoisotopic (exact) mass is 269 g/mol. The Morgan fingerprint density at radius 3 is 2.50 bits per heavy atom. The van der Waals surface area contributed by atoms with E-state index in [0.29, 0.717) is 12.1 Å². The fourth-order valence-corrected chi connectivity index (χ4v) is 2.33. The first-order valence-corrected chi connectivity index (χ1v) is 6.69. The van der Waals surface area contributed by atoms with Crippen LogP contribution in [0.4, 0.5) is 0 Å². The molecule has 0 unspecified atom stereocenters. The van der Waals surface area contributed by atoms with Gasteiger partial charge in [0.15, 0.2) is 0 Å². The van der Waals surface area contributed by atoms with Crippen LogP contribution in [-0.2, 0) is 6.54 Å². The van der Waals surface area contributed by atoms with E-state index in [9.17, 15) is 4.79 Å². The lowest BCUT2D eigenvalue weighted by atomic mass is 10.0. The lowest BCUT2D eigenvalue weighted by molar-refractivity contribution is 0.0695. The van der Waals surface area contributed by atoms with Gasteiger partial charge in [0, 0.05) is 12.6 Å². The summed E-state index contributed by atoms with van der Waals surface area (Å²) in [6.07, 6.45) is 0. The van der Waals surface area contributed by atoms with Crippen molar-refractivity contribution in [2.75, 3.05) is 0 Å². The quantitative estimate of drug-likeness (QED) is 0.872. The van der Waals surface area contributed by atoms with Gasteiger partial charge in [0.1, 0.15) is 0 Å². The third-order valence-electron chi connectivity index (χ3n) is 3.50. The Hall–Kier alpha value is -2.13. The van der Waals surface area contributed by atoms with Gasteiger partial charge in [0.25, 0.3) is 0 Å². The Balaban J connectivity index is 2.10. The molecule has 0 spiro atoms. The van der Waals surface area contributed by atoms with Crippen LogP contribution >= 0.6 is 0 Å². The molecular weight excluding hydrogens is 250 g/mol. The van der Waals surface area contributed by atoms with Crippen LogP contribution in [0.15, 0.2) is 48.5 Å². The summed E-state index contributed by atoms with van der Waals surface area (Å²) in [4.78, 5) is 11.2. The average Bonchev–Trinajstić information content (AvgIpc) is 2.45. The van der Waals surface area contributed by atoms with E-state index >= 15 is 0 Å². The summed E-state index contributed by atoms with van der Waals surface area (Å²) in [5.41, 5.74) is 3.64. The highest BCUT2D eigenvalue weighted by atomic mass is 16.4. The molecule has 0 aliphatic heterocycles. The Labute approximate surface area is 119 Å². The molecule has 0 radical (unpaired) electrons. The fraction of sp³-hybridized carbons (Fsp3) is 0.235. The van der Waals surface area contributed by atoms with Crippen molar-refractivity contribution in [2.45, 2.75) is 26.4 Å². The highest BCUT2D eigenvalue weighted by Crippen LogP contribution is 2.18. The van der Waals surface area contributed by atoms with Gasteiger partial charge in [-0.2, -0.15) is 0 Å². The minimum absolute atomic E-state index is 0.179. The summed E-state index contributed by atoms with van der Waals surface area (Å²) in [5.74, 6) is -0.883. The van der Waals surface area contributed by atoms with Crippen LogP contribution in [0.5, 0.6) is 0 Å². The molecule has 2 aromatic carbocycles. The number of aryl methyl sites for hydroxylation is 1. The molecule has 0 saturated carbocycles. The number of carbonyl (C=O) groups is 1. The van der Waals surface area contributed by atoms with Gasteiger partial charge in [-0.3, -0.25) is 0 Å². The molecule has 2 rings (SSSR count). The second kappa shape index (κ2) is 6.35. The number of carboxylic acid groups (broad SMARTS) is 1. The maximum atomic E-state index is 11.2. The van der Waals surface area contributed by atoms with Crippen LogP contribution in [0.1, 0.15) is 40.0 Å². The number of rotatable bonds is 5. The fourth-order valence-electron chi connectivity index (χ4n) is 2.33. The van der Waals surface area contributed by atoms with E-state index in [2.05, 4.69) is 31.3 Å². The molecule has 104 valence electrons. The smallest absolute Gasteiger partial charge is 0.336 e. The third-order valence-corrected chi connectivity index (χ3v) is 3.50. The number of hydrogen-bond donors (Lipinski definition) is 2. The highest BCUT2D eigenvalue weighted by molar-refractivity contribution is 5.89. The summed E-state index contributed by atoms with van der Waals surface area (Å²) in [5, 5.41) is 12.6. The van der Waals surface area contributed by atoms with Gasteiger partial charge in [0.05, 0.1) is 5.56 Å². The molecule has 3 nitrogen and oxygen atoms in total. The molecular formula is C17H19NO2. The molecule has 0 bridgehead atoms. The van der Waals surface area contributed by atoms with Gasteiger partial charge >= 0.3 is 5.97 Å². The minimum Gasteiger partial charge on any atom is -0.478 e. The number of nitrogens with one attached hydrogen (secondary N) is 1. The molecule has 3 heteroatoms. The van der Waals surface area contributed by atoms with Crippen LogP contribution in [0, 0.1) is 6.92 Å². The Morgan fingerprint density at radius 1 is 1.15 bits per heavy atom. The topological polar surface area (TPSA) is 49.3 Å². The molecule has 0 aromatic heterocycles. The second-order valence-electron chi connectivity index (χ2n) is 4.92. The van der Waals surface area contributed by atoms with Gasteiger partial charge in [-0.15, -0.1) is 0 Å². The molecule has 0 amide bonds. The van der Waals surface area contributed by atoms with E-state index in [1.54, 1.807) is 12.1 Å². The van der Waals surface area contributed by atoms with E-state index in [1.807, 2.05) is 24.3 Å². The first kappa shape index (κ1) is 14.3. The van der Waals surface area contributed by atoms with E-state index in [1.165, 1.54) is 11.1 Å². The molecule has 0 saturated heterocycles. The molecule has 1 atom stereocenters. The van der Waals surface area contributed by atoms with Crippen molar-refractivity contribution in [3.63, 3.8) is 0 Å². The average molecular weight is 269 g/mol. The number of benzene rings is 2. The van der Waals surface area contributed by atoms with Crippen LogP contribution < -0.4 is 5.32 Å². The van der Waals surface area contributed by atoms with Gasteiger partial charge in [-0.05, 0) is 36.6 Å². The number of aromatic carboxylic acids is 1. The van der Waals surface area contributed by atoms with Gasteiger partial charge in [-0.1, -0.05) is 42.5 Å². The SMILES string of the molecule is Cc1ccccc1[C@@H](C)NCc1ccccc1C(=O)O. The summed E-state index contributed by atoms with van der Waals surface area (Å²) in [7, 11) is 0. The molecule has 2 aromatic rings. The lowest BCUT2D eigenvalue weighted by Gasteiger charge is -2.17.